The molecule has 0 aliphatic carbocycles. The Kier molecular flexibility index (Phi) is 6.12. The fourth-order valence-electron chi connectivity index (χ4n) is 1.65. The fraction of sp³-hybridized carbons (Fsp3) is 0.462. The van der Waals surface area contributed by atoms with Gasteiger partial charge in [-0.25, -0.2) is 4.79 Å². The van der Waals surface area contributed by atoms with Crippen LogP contribution in [0.4, 0.5) is 0 Å². The van der Waals surface area contributed by atoms with E-state index < -0.39 is 12.1 Å². The summed E-state index contributed by atoms with van der Waals surface area (Å²) in [5, 5.41) is 9.68. The second kappa shape index (κ2) is 7.36. The summed E-state index contributed by atoms with van der Waals surface area (Å²) in [6, 6.07) is 7.49. The van der Waals surface area contributed by atoms with Crippen LogP contribution in [-0.2, 0) is 16.1 Å². The Morgan fingerprint density at radius 3 is 2.56 bits per heavy atom. The first-order valence-electron chi connectivity index (χ1n) is 5.80. The van der Waals surface area contributed by atoms with E-state index in [1.807, 2.05) is 36.2 Å². The first-order chi connectivity index (χ1) is 8.52. The van der Waals surface area contributed by atoms with Gasteiger partial charge in [0.05, 0.1) is 0 Å². The molecule has 0 radical (unpaired) electrons. The van der Waals surface area contributed by atoms with Gasteiger partial charge in [0.25, 0.3) is 0 Å². The lowest BCUT2D eigenvalue weighted by atomic mass is 10.2. The van der Waals surface area contributed by atoms with Crippen LogP contribution in [0, 0.1) is 0 Å². The number of carboxylic acids is 1. The number of hydrogen-bond donors (Lipinski definition) is 1. The van der Waals surface area contributed by atoms with Gasteiger partial charge in [0, 0.05) is 24.7 Å². The van der Waals surface area contributed by atoms with E-state index in [2.05, 4.69) is 0 Å². The van der Waals surface area contributed by atoms with Gasteiger partial charge in [-0.15, -0.1) is 0 Å². The van der Waals surface area contributed by atoms with Crippen molar-refractivity contribution in [2.24, 2.45) is 0 Å². The van der Waals surface area contributed by atoms with E-state index in [-0.39, 0.29) is 0 Å². The van der Waals surface area contributed by atoms with Gasteiger partial charge < -0.3 is 9.84 Å². The van der Waals surface area contributed by atoms with E-state index in [1.165, 1.54) is 0 Å². The van der Waals surface area contributed by atoms with Crippen LogP contribution in [-0.4, -0.2) is 42.3 Å². The van der Waals surface area contributed by atoms with Crippen LogP contribution in [0.1, 0.15) is 12.5 Å². The maximum absolute atomic E-state index is 11.0. The highest BCUT2D eigenvalue weighted by atomic mass is 35.5. The summed E-state index contributed by atoms with van der Waals surface area (Å²) in [6.45, 7) is 3.20. The highest BCUT2D eigenvalue weighted by molar-refractivity contribution is 6.30. The number of aliphatic carboxylic acids is 1. The second-order valence-corrected chi connectivity index (χ2v) is 4.54. The lowest BCUT2D eigenvalue weighted by Crippen LogP contribution is -2.36. The number of hydrogen-bond acceptors (Lipinski definition) is 3. The number of rotatable bonds is 7. The first kappa shape index (κ1) is 15.0. The Morgan fingerprint density at radius 2 is 2.06 bits per heavy atom. The van der Waals surface area contributed by atoms with Gasteiger partial charge in [0.2, 0.25) is 0 Å². The van der Waals surface area contributed by atoms with Gasteiger partial charge in [-0.05, 0) is 31.7 Å². The molecule has 1 N–H and O–H groups in total. The first-order valence-corrected chi connectivity index (χ1v) is 6.18. The zero-order chi connectivity index (χ0) is 13.5. The zero-order valence-electron chi connectivity index (χ0n) is 10.6. The monoisotopic (exact) mass is 271 g/mol. The van der Waals surface area contributed by atoms with Crippen molar-refractivity contribution in [2.45, 2.75) is 19.6 Å². The van der Waals surface area contributed by atoms with Crippen LogP contribution >= 0.6 is 11.6 Å². The van der Waals surface area contributed by atoms with Crippen LogP contribution in [0.3, 0.4) is 0 Å². The summed E-state index contributed by atoms with van der Waals surface area (Å²) < 4.78 is 5.17. The minimum absolute atomic E-state index is 0.353. The molecule has 0 fully saturated rings. The Morgan fingerprint density at radius 1 is 1.44 bits per heavy atom. The van der Waals surface area contributed by atoms with E-state index in [0.29, 0.717) is 24.7 Å². The summed E-state index contributed by atoms with van der Waals surface area (Å²) in [5.41, 5.74) is 1.09. The molecular weight excluding hydrogens is 254 g/mol. The highest BCUT2D eigenvalue weighted by Gasteiger charge is 2.19. The summed E-state index contributed by atoms with van der Waals surface area (Å²) in [5.74, 6) is -0.931. The van der Waals surface area contributed by atoms with E-state index >= 15 is 0 Å². The summed E-state index contributed by atoms with van der Waals surface area (Å²) in [4.78, 5) is 12.9. The Bertz CT molecular complexity index is 380. The third-order valence-corrected chi connectivity index (χ3v) is 2.74. The number of carbonyl (C=O) groups is 1. The van der Waals surface area contributed by atoms with Crippen molar-refractivity contribution >= 4 is 17.6 Å². The Labute approximate surface area is 112 Å². The summed E-state index contributed by atoms with van der Waals surface area (Å²) in [7, 11) is 1.86. The molecule has 18 heavy (non-hydrogen) atoms. The van der Waals surface area contributed by atoms with Crippen molar-refractivity contribution in [1.82, 2.24) is 4.90 Å². The van der Waals surface area contributed by atoms with Crippen LogP contribution < -0.4 is 0 Å². The average molecular weight is 272 g/mol. The molecule has 0 bridgehead atoms. The third kappa shape index (κ3) is 5.04. The van der Waals surface area contributed by atoms with Crippen LogP contribution in [0.5, 0.6) is 0 Å². The number of likely N-dealkylation sites (N-methyl/N-ethyl adjacent to an activating group) is 1. The largest absolute Gasteiger partial charge is 0.479 e. The molecule has 100 valence electrons. The lowest BCUT2D eigenvalue weighted by molar-refractivity contribution is -0.151. The molecule has 0 saturated heterocycles. The molecule has 0 saturated carbocycles. The highest BCUT2D eigenvalue weighted by Crippen LogP contribution is 2.11. The SMILES string of the molecule is CCOC(CN(C)Cc1ccc(Cl)cc1)C(=O)O. The van der Waals surface area contributed by atoms with Crippen molar-refractivity contribution in [2.75, 3.05) is 20.2 Å². The van der Waals surface area contributed by atoms with Crippen molar-refractivity contribution in [3.8, 4) is 0 Å². The molecule has 0 aliphatic heterocycles. The van der Waals surface area contributed by atoms with E-state index in [1.54, 1.807) is 6.92 Å². The van der Waals surface area contributed by atoms with Gasteiger partial charge >= 0.3 is 5.97 Å². The number of carboxylic acid groups (broad SMARTS) is 1. The van der Waals surface area contributed by atoms with Crippen molar-refractivity contribution in [1.29, 1.82) is 0 Å². The topological polar surface area (TPSA) is 49.8 Å². The number of ether oxygens (including phenoxy) is 1. The molecule has 1 unspecified atom stereocenters. The van der Waals surface area contributed by atoms with E-state index in [9.17, 15) is 4.79 Å². The van der Waals surface area contributed by atoms with E-state index in [4.69, 9.17) is 21.4 Å². The summed E-state index contributed by atoms with van der Waals surface area (Å²) in [6.07, 6.45) is -0.785. The molecule has 0 heterocycles. The van der Waals surface area contributed by atoms with Crippen LogP contribution in [0.2, 0.25) is 5.02 Å². The molecule has 1 rings (SSSR count). The smallest absolute Gasteiger partial charge is 0.334 e. The van der Waals surface area contributed by atoms with Gasteiger partial charge in [0.1, 0.15) is 0 Å². The van der Waals surface area contributed by atoms with Gasteiger partial charge in [-0.3, -0.25) is 4.90 Å². The number of halogens is 1. The average Bonchev–Trinajstić information content (AvgIpc) is 2.31. The standard InChI is InChI=1S/C13H18ClNO3/c1-3-18-12(13(16)17)9-15(2)8-10-4-6-11(14)7-5-10/h4-7,12H,3,8-9H2,1-2H3,(H,16,17). The molecule has 0 amide bonds. The minimum Gasteiger partial charge on any atom is -0.479 e. The fourth-order valence-corrected chi connectivity index (χ4v) is 1.78. The molecule has 1 aromatic rings. The van der Waals surface area contributed by atoms with E-state index in [0.717, 1.165) is 5.56 Å². The molecule has 1 aromatic carbocycles. The summed E-state index contributed by atoms with van der Waals surface area (Å²) >= 11 is 5.80. The minimum atomic E-state index is -0.931. The third-order valence-electron chi connectivity index (χ3n) is 2.49. The Balaban J connectivity index is 2.51. The second-order valence-electron chi connectivity index (χ2n) is 4.11. The molecule has 0 aliphatic rings. The number of nitrogens with zero attached hydrogens (tertiary/aromatic N) is 1. The van der Waals surface area contributed by atoms with Crippen molar-refractivity contribution in [3.05, 3.63) is 34.9 Å². The lowest BCUT2D eigenvalue weighted by Gasteiger charge is -2.21. The predicted molar refractivity (Wildman–Crippen MR) is 70.8 cm³/mol. The maximum Gasteiger partial charge on any atom is 0.334 e. The van der Waals surface area contributed by atoms with Gasteiger partial charge in [-0.1, -0.05) is 23.7 Å². The molecule has 1 atom stereocenters. The molecule has 0 spiro atoms. The predicted octanol–water partition coefficient (Wildman–Crippen LogP) is 2.26. The van der Waals surface area contributed by atoms with Crippen molar-refractivity contribution in [3.63, 3.8) is 0 Å². The van der Waals surface area contributed by atoms with Crippen LogP contribution in [0.15, 0.2) is 24.3 Å². The zero-order valence-corrected chi connectivity index (χ0v) is 11.4. The van der Waals surface area contributed by atoms with Crippen LogP contribution in [0.25, 0.3) is 0 Å². The normalized spacial score (nSPS) is 12.7. The Hall–Kier alpha value is -1.10. The maximum atomic E-state index is 11.0. The molecule has 0 aromatic heterocycles. The molecule has 5 heteroatoms. The van der Waals surface area contributed by atoms with Gasteiger partial charge in [-0.2, -0.15) is 0 Å². The van der Waals surface area contributed by atoms with Crippen molar-refractivity contribution < 1.29 is 14.6 Å². The molecular formula is C13H18ClNO3. The van der Waals surface area contributed by atoms with Gasteiger partial charge in [0.15, 0.2) is 6.10 Å². The quantitative estimate of drug-likeness (QED) is 0.826. The number of benzene rings is 1. The molecule has 4 nitrogen and oxygen atoms in total.